The summed E-state index contributed by atoms with van der Waals surface area (Å²) in [7, 11) is 0. The van der Waals surface area contributed by atoms with Gasteiger partial charge >= 0.3 is 5.76 Å². The van der Waals surface area contributed by atoms with Crippen LogP contribution in [0.15, 0.2) is 45.7 Å². The molecular formula is C15H13N3O4. The van der Waals surface area contributed by atoms with E-state index in [1.807, 2.05) is 6.92 Å². The molecule has 112 valence electrons. The minimum Gasteiger partial charge on any atom is -0.477 e. The zero-order valence-electron chi connectivity index (χ0n) is 11.8. The summed E-state index contributed by atoms with van der Waals surface area (Å²) in [6.45, 7) is 2.24. The average Bonchev–Trinajstić information content (AvgIpc) is 2.87. The van der Waals surface area contributed by atoms with E-state index in [4.69, 9.17) is 9.15 Å². The number of pyridine rings is 1. The molecule has 0 saturated carbocycles. The Labute approximate surface area is 124 Å². The molecule has 0 unspecified atom stereocenters. The van der Waals surface area contributed by atoms with Crippen LogP contribution in [-0.2, 0) is 0 Å². The van der Waals surface area contributed by atoms with E-state index in [1.165, 1.54) is 0 Å². The normalized spacial score (nSPS) is 10.6. The summed E-state index contributed by atoms with van der Waals surface area (Å²) in [6, 6.07) is 8.16. The quantitative estimate of drug-likeness (QED) is 0.769. The summed E-state index contributed by atoms with van der Waals surface area (Å²) in [5.41, 5.74) is 1.81. The largest absolute Gasteiger partial charge is 0.477 e. The van der Waals surface area contributed by atoms with Gasteiger partial charge in [0.15, 0.2) is 5.58 Å². The lowest BCUT2D eigenvalue weighted by atomic mass is 10.2. The lowest BCUT2D eigenvalue weighted by molar-refractivity contribution is 0.102. The fraction of sp³-hybridized carbons (Fsp3) is 0.133. The van der Waals surface area contributed by atoms with Crippen LogP contribution in [0.5, 0.6) is 5.88 Å². The molecule has 0 bridgehead atoms. The molecule has 1 aromatic carbocycles. The van der Waals surface area contributed by atoms with E-state index in [1.54, 1.807) is 36.5 Å². The highest BCUT2D eigenvalue weighted by molar-refractivity contribution is 6.06. The fourth-order valence-electron chi connectivity index (χ4n) is 2.04. The number of hydrogen-bond acceptors (Lipinski definition) is 5. The Morgan fingerprint density at radius 1 is 1.41 bits per heavy atom. The first-order valence-corrected chi connectivity index (χ1v) is 6.69. The van der Waals surface area contributed by atoms with Crippen molar-refractivity contribution in [3.63, 3.8) is 0 Å². The molecular weight excluding hydrogens is 286 g/mol. The number of oxazole rings is 1. The van der Waals surface area contributed by atoms with E-state index in [0.29, 0.717) is 29.0 Å². The number of hydrogen-bond donors (Lipinski definition) is 2. The summed E-state index contributed by atoms with van der Waals surface area (Å²) in [6.07, 6.45) is 1.56. The lowest BCUT2D eigenvalue weighted by Gasteiger charge is -2.09. The van der Waals surface area contributed by atoms with Crippen molar-refractivity contribution in [1.29, 1.82) is 0 Å². The van der Waals surface area contributed by atoms with Crippen molar-refractivity contribution < 1.29 is 13.9 Å². The Bertz CT molecular complexity index is 882. The second-order valence-electron chi connectivity index (χ2n) is 4.47. The van der Waals surface area contributed by atoms with Gasteiger partial charge < -0.3 is 14.5 Å². The first-order valence-electron chi connectivity index (χ1n) is 6.69. The number of H-pyrrole nitrogens is 1. The maximum absolute atomic E-state index is 12.3. The predicted octanol–water partition coefficient (Wildman–Crippen LogP) is 2.17. The molecule has 2 heterocycles. The molecule has 0 fully saturated rings. The van der Waals surface area contributed by atoms with E-state index in [2.05, 4.69) is 15.3 Å². The number of carbonyl (C=O) groups excluding carboxylic acids is 1. The fourth-order valence-corrected chi connectivity index (χ4v) is 2.04. The molecule has 1 amide bonds. The second-order valence-corrected chi connectivity index (χ2v) is 4.47. The van der Waals surface area contributed by atoms with E-state index < -0.39 is 5.76 Å². The van der Waals surface area contributed by atoms with Crippen LogP contribution in [0.3, 0.4) is 0 Å². The van der Waals surface area contributed by atoms with E-state index in [0.717, 1.165) is 0 Å². The summed E-state index contributed by atoms with van der Waals surface area (Å²) < 4.78 is 10.2. The maximum Gasteiger partial charge on any atom is 0.417 e. The van der Waals surface area contributed by atoms with Crippen molar-refractivity contribution in [3.05, 3.63) is 52.6 Å². The van der Waals surface area contributed by atoms with Gasteiger partial charge in [0, 0.05) is 11.9 Å². The highest BCUT2D eigenvalue weighted by Gasteiger charge is 2.14. The minimum atomic E-state index is -0.538. The molecule has 22 heavy (non-hydrogen) atoms. The number of fused-ring (bicyclic) bond motifs is 1. The van der Waals surface area contributed by atoms with Crippen LogP contribution in [0.4, 0.5) is 5.69 Å². The van der Waals surface area contributed by atoms with Crippen LogP contribution in [0.25, 0.3) is 11.1 Å². The third-order valence-electron chi connectivity index (χ3n) is 2.97. The second kappa shape index (κ2) is 5.72. The molecule has 7 nitrogen and oxygen atoms in total. The lowest BCUT2D eigenvalue weighted by Crippen LogP contribution is -2.14. The Morgan fingerprint density at radius 2 is 2.27 bits per heavy atom. The number of rotatable bonds is 4. The van der Waals surface area contributed by atoms with Crippen LogP contribution in [0.1, 0.15) is 17.3 Å². The molecule has 0 saturated heterocycles. The van der Waals surface area contributed by atoms with Crippen LogP contribution in [-0.4, -0.2) is 22.5 Å². The molecule has 0 atom stereocenters. The first-order chi connectivity index (χ1) is 10.7. The van der Waals surface area contributed by atoms with Crippen LogP contribution < -0.4 is 15.8 Å². The zero-order chi connectivity index (χ0) is 15.5. The Balaban J connectivity index is 1.87. The van der Waals surface area contributed by atoms with Crippen molar-refractivity contribution in [2.75, 3.05) is 11.9 Å². The zero-order valence-corrected chi connectivity index (χ0v) is 11.8. The molecule has 7 heteroatoms. The molecule has 2 N–H and O–H groups in total. The van der Waals surface area contributed by atoms with Gasteiger partial charge in [-0.25, -0.2) is 9.78 Å². The van der Waals surface area contributed by atoms with Gasteiger partial charge in [0.2, 0.25) is 5.88 Å². The van der Waals surface area contributed by atoms with Gasteiger partial charge in [-0.05, 0) is 37.3 Å². The highest BCUT2D eigenvalue weighted by atomic mass is 16.5. The Hall–Kier alpha value is -3.09. The molecule has 0 aliphatic rings. The smallest absolute Gasteiger partial charge is 0.417 e. The van der Waals surface area contributed by atoms with E-state index >= 15 is 0 Å². The minimum absolute atomic E-state index is 0.278. The summed E-state index contributed by atoms with van der Waals surface area (Å²) in [5.74, 6) is -0.605. The number of ether oxygens (including phenoxy) is 1. The van der Waals surface area contributed by atoms with Gasteiger partial charge in [0.05, 0.1) is 12.1 Å². The number of nitrogens with one attached hydrogen (secondary N) is 2. The number of amides is 1. The number of nitrogens with zero attached hydrogens (tertiary/aromatic N) is 1. The number of aromatic amines is 1. The van der Waals surface area contributed by atoms with Gasteiger partial charge in [0.25, 0.3) is 5.91 Å². The molecule has 2 aromatic heterocycles. The molecule has 3 aromatic rings. The molecule has 0 radical (unpaired) electrons. The number of benzene rings is 1. The average molecular weight is 299 g/mol. The van der Waals surface area contributed by atoms with Crippen LogP contribution in [0.2, 0.25) is 0 Å². The molecule has 3 rings (SSSR count). The van der Waals surface area contributed by atoms with Crippen molar-refractivity contribution in [2.24, 2.45) is 0 Å². The van der Waals surface area contributed by atoms with Gasteiger partial charge in [-0.2, -0.15) is 0 Å². The van der Waals surface area contributed by atoms with E-state index in [9.17, 15) is 9.59 Å². The van der Waals surface area contributed by atoms with Gasteiger partial charge in [0.1, 0.15) is 5.56 Å². The van der Waals surface area contributed by atoms with Crippen molar-refractivity contribution in [3.8, 4) is 5.88 Å². The Kier molecular flexibility index (Phi) is 3.61. The number of aromatic nitrogens is 2. The van der Waals surface area contributed by atoms with Crippen LogP contribution >= 0.6 is 0 Å². The molecule has 0 spiro atoms. The van der Waals surface area contributed by atoms with Gasteiger partial charge in [-0.15, -0.1) is 0 Å². The summed E-state index contributed by atoms with van der Waals surface area (Å²) >= 11 is 0. The number of anilines is 1. The number of carbonyl (C=O) groups is 1. The molecule has 0 aliphatic heterocycles. The summed E-state index contributed by atoms with van der Waals surface area (Å²) in [5, 5.41) is 2.74. The van der Waals surface area contributed by atoms with Crippen molar-refractivity contribution in [1.82, 2.24) is 9.97 Å². The third kappa shape index (κ3) is 2.69. The van der Waals surface area contributed by atoms with Crippen molar-refractivity contribution in [2.45, 2.75) is 6.92 Å². The maximum atomic E-state index is 12.3. The highest BCUT2D eigenvalue weighted by Crippen LogP contribution is 2.19. The van der Waals surface area contributed by atoms with E-state index in [-0.39, 0.29) is 11.8 Å². The third-order valence-corrected chi connectivity index (χ3v) is 2.97. The predicted molar refractivity (Wildman–Crippen MR) is 80.2 cm³/mol. The SMILES string of the molecule is CCOc1ncccc1C(=O)Nc1ccc2oc(=O)[nH]c2c1. The summed E-state index contributed by atoms with van der Waals surface area (Å²) in [4.78, 5) is 30.0. The molecule has 0 aliphatic carbocycles. The van der Waals surface area contributed by atoms with Gasteiger partial charge in [-0.1, -0.05) is 0 Å². The van der Waals surface area contributed by atoms with Gasteiger partial charge in [-0.3, -0.25) is 9.78 Å². The van der Waals surface area contributed by atoms with Crippen LogP contribution in [0, 0.1) is 0 Å². The monoisotopic (exact) mass is 299 g/mol. The topological polar surface area (TPSA) is 97.2 Å². The Morgan fingerprint density at radius 3 is 3.09 bits per heavy atom. The first kappa shape index (κ1) is 13.9. The van der Waals surface area contributed by atoms with Crippen molar-refractivity contribution >= 4 is 22.7 Å². The standard InChI is InChI=1S/C15H13N3O4/c1-2-21-14-10(4-3-7-16-14)13(19)17-9-5-6-12-11(8-9)18-15(20)22-12/h3-8H,2H2,1H3,(H,17,19)(H,18,20).